The van der Waals surface area contributed by atoms with Crippen LogP contribution in [-0.4, -0.2) is 49.6 Å². The van der Waals surface area contributed by atoms with Crippen LogP contribution in [0.3, 0.4) is 0 Å². The lowest BCUT2D eigenvalue weighted by Gasteiger charge is -2.38. The molecular formula is C25H36N2O3. The van der Waals surface area contributed by atoms with Gasteiger partial charge in [0.15, 0.2) is 0 Å². The SMILES string of the molecule is CC1=C[C@H](CNC(=O)c2ccc(C)cc2)[C@H](C(C)C)C[C@H]1CC(=O)N1CCOCC1. The van der Waals surface area contributed by atoms with Crippen molar-refractivity contribution < 1.29 is 14.3 Å². The summed E-state index contributed by atoms with van der Waals surface area (Å²) < 4.78 is 5.37. The van der Waals surface area contributed by atoms with E-state index in [1.54, 1.807) is 0 Å². The Balaban J connectivity index is 1.62. The molecule has 5 heteroatoms. The zero-order valence-corrected chi connectivity index (χ0v) is 18.8. The van der Waals surface area contributed by atoms with E-state index in [1.807, 2.05) is 36.1 Å². The van der Waals surface area contributed by atoms with Crippen LogP contribution in [0.2, 0.25) is 0 Å². The van der Waals surface area contributed by atoms with E-state index in [2.05, 4.69) is 32.2 Å². The summed E-state index contributed by atoms with van der Waals surface area (Å²) in [6.45, 7) is 12.0. The van der Waals surface area contributed by atoms with Crippen LogP contribution in [0.25, 0.3) is 0 Å². The van der Waals surface area contributed by atoms with Gasteiger partial charge in [0.1, 0.15) is 0 Å². The maximum absolute atomic E-state index is 12.8. The molecular weight excluding hydrogens is 376 g/mol. The van der Waals surface area contributed by atoms with Gasteiger partial charge in [-0.2, -0.15) is 0 Å². The number of hydrogen-bond donors (Lipinski definition) is 1. The Labute approximate surface area is 180 Å². The first-order chi connectivity index (χ1) is 14.3. The summed E-state index contributed by atoms with van der Waals surface area (Å²) in [7, 11) is 0. The number of nitrogens with one attached hydrogen (secondary N) is 1. The minimum Gasteiger partial charge on any atom is -0.378 e. The van der Waals surface area contributed by atoms with Gasteiger partial charge in [-0.3, -0.25) is 9.59 Å². The second kappa shape index (κ2) is 10.3. The number of aryl methyl sites for hydroxylation is 1. The van der Waals surface area contributed by atoms with E-state index in [9.17, 15) is 9.59 Å². The number of nitrogens with zero attached hydrogens (tertiary/aromatic N) is 1. The summed E-state index contributed by atoms with van der Waals surface area (Å²) in [6.07, 6.45) is 3.88. The third-order valence-corrected chi connectivity index (χ3v) is 6.68. The van der Waals surface area contributed by atoms with Crippen molar-refractivity contribution in [3.63, 3.8) is 0 Å². The van der Waals surface area contributed by atoms with Crippen molar-refractivity contribution in [2.45, 2.75) is 40.5 Å². The van der Waals surface area contributed by atoms with Gasteiger partial charge in [-0.15, -0.1) is 0 Å². The highest BCUT2D eigenvalue weighted by molar-refractivity contribution is 5.94. The summed E-state index contributed by atoms with van der Waals surface area (Å²) in [6, 6.07) is 7.68. The fourth-order valence-electron chi connectivity index (χ4n) is 4.68. The molecule has 1 aromatic rings. The first kappa shape index (κ1) is 22.5. The first-order valence-electron chi connectivity index (χ1n) is 11.2. The molecule has 1 aromatic carbocycles. The number of amides is 2. The van der Waals surface area contributed by atoms with E-state index in [-0.39, 0.29) is 17.7 Å². The molecule has 0 spiro atoms. The predicted molar refractivity (Wildman–Crippen MR) is 119 cm³/mol. The minimum absolute atomic E-state index is 0.0202. The van der Waals surface area contributed by atoms with Crippen LogP contribution in [0.15, 0.2) is 35.9 Å². The zero-order chi connectivity index (χ0) is 21.7. The third kappa shape index (κ3) is 5.72. The fourth-order valence-corrected chi connectivity index (χ4v) is 4.68. The van der Waals surface area contributed by atoms with E-state index in [0.717, 1.165) is 12.0 Å². The molecule has 1 heterocycles. The molecule has 164 valence electrons. The Morgan fingerprint density at radius 2 is 1.80 bits per heavy atom. The van der Waals surface area contributed by atoms with Crippen LogP contribution in [-0.2, 0) is 9.53 Å². The van der Waals surface area contributed by atoms with Crippen LogP contribution < -0.4 is 5.32 Å². The average Bonchev–Trinajstić information content (AvgIpc) is 2.74. The van der Waals surface area contributed by atoms with E-state index in [1.165, 1.54) is 5.57 Å². The number of allylic oxidation sites excluding steroid dienone is 1. The van der Waals surface area contributed by atoms with Crippen molar-refractivity contribution in [3.05, 3.63) is 47.0 Å². The number of benzene rings is 1. The topological polar surface area (TPSA) is 58.6 Å². The van der Waals surface area contributed by atoms with Gasteiger partial charge in [-0.1, -0.05) is 43.2 Å². The molecule has 1 N–H and O–H groups in total. The van der Waals surface area contributed by atoms with Crippen LogP contribution in [0.4, 0.5) is 0 Å². The molecule has 5 nitrogen and oxygen atoms in total. The Morgan fingerprint density at radius 1 is 1.13 bits per heavy atom. The summed E-state index contributed by atoms with van der Waals surface area (Å²) in [5.74, 6) is 1.76. The maximum Gasteiger partial charge on any atom is 0.251 e. The highest BCUT2D eigenvalue weighted by Crippen LogP contribution is 2.39. The van der Waals surface area contributed by atoms with E-state index < -0.39 is 0 Å². The van der Waals surface area contributed by atoms with Gasteiger partial charge in [-0.05, 0) is 56.1 Å². The highest BCUT2D eigenvalue weighted by Gasteiger charge is 2.33. The molecule has 0 bridgehead atoms. The third-order valence-electron chi connectivity index (χ3n) is 6.68. The number of rotatable bonds is 6. The summed E-state index contributed by atoms with van der Waals surface area (Å²) in [5, 5.41) is 3.13. The Morgan fingerprint density at radius 3 is 2.43 bits per heavy atom. The molecule has 1 saturated heterocycles. The second-order valence-electron chi connectivity index (χ2n) is 9.19. The van der Waals surface area contributed by atoms with Gasteiger partial charge in [0, 0.05) is 31.6 Å². The number of ether oxygens (including phenoxy) is 1. The van der Waals surface area contributed by atoms with Crippen molar-refractivity contribution in [1.29, 1.82) is 0 Å². The van der Waals surface area contributed by atoms with Crippen LogP contribution >= 0.6 is 0 Å². The van der Waals surface area contributed by atoms with Crippen molar-refractivity contribution in [3.8, 4) is 0 Å². The molecule has 0 aromatic heterocycles. The lowest BCUT2D eigenvalue weighted by molar-refractivity contribution is -0.136. The molecule has 1 aliphatic heterocycles. The summed E-state index contributed by atoms with van der Waals surface area (Å²) >= 11 is 0. The molecule has 1 aliphatic carbocycles. The van der Waals surface area contributed by atoms with Crippen LogP contribution in [0.5, 0.6) is 0 Å². The Hall–Kier alpha value is -2.14. The number of hydrogen-bond acceptors (Lipinski definition) is 3. The van der Waals surface area contributed by atoms with Gasteiger partial charge < -0.3 is 15.0 Å². The molecule has 3 rings (SSSR count). The van der Waals surface area contributed by atoms with Gasteiger partial charge >= 0.3 is 0 Å². The molecule has 3 atom stereocenters. The number of carbonyl (C=O) groups is 2. The molecule has 2 amide bonds. The van der Waals surface area contributed by atoms with Gasteiger partial charge in [0.25, 0.3) is 5.91 Å². The summed E-state index contributed by atoms with van der Waals surface area (Å²) in [4.78, 5) is 27.2. The molecule has 30 heavy (non-hydrogen) atoms. The average molecular weight is 413 g/mol. The van der Waals surface area contributed by atoms with Gasteiger partial charge in [0.2, 0.25) is 5.91 Å². The molecule has 1 fully saturated rings. The van der Waals surface area contributed by atoms with E-state index >= 15 is 0 Å². The minimum atomic E-state index is -0.0202. The Kier molecular flexibility index (Phi) is 7.70. The van der Waals surface area contributed by atoms with Crippen molar-refractivity contribution in [1.82, 2.24) is 10.2 Å². The first-order valence-corrected chi connectivity index (χ1v) is 11.2. The quantitative estimate of drug-likeness (QED) is 0.723. The Bertz CT molecular complexity index is 763. The standard InChI is InChI=1S/C25H36N2O3/c1-17(2)23-14-21(15-24(28)27-9-11-30-12-10-27)19(4)13-22(23)16-26-25(29)20-7-5-18(3)6-8-20/h5-8,13,17,21-23H,9-12,14-16H2,1-4H3,(H,26,29)/t21-,22+,23-/m0/s1. The lowest BCUT2D eigenvalue weighted by atomic mass is 9.69. The number of carbonyl (C=O) groups excluding carboxylic acids is 2. The summed E-state index contributed by atoms with van der Waals surface area (Å²) in [5.41, 5.74) is 3.13. The maximum atomic E-state index is 12.8. The van der Waals surface area contributed by atoms with Gasteiger partial charge in [-0.25, -0.2) is 0 Å². The number of morpholine rings is 1. The van der Waals surface area contributed by atoms with Crippen LogP contribution in [0.1, 0.15) is 49.5 Å². The van der Waals surface area contributed by atoms with Crippen molar-refractivity contribution >= 4 is 11.8 Å². The zero-order valence-electron chi connectivity index (χ0n) is 18.8. The second-order valence-corrected chi connectivity index (χ2v) is 9.19. The fraction of sp³-hybridized carbons (Fsp3) is 0.600. The normalized spacial score (nSPS) is 24.5. The van der Waals surface area contributed by atoms with Crippen molar-refractivity contribution in [2.24, 2.45) is 23.7 Å². The van der Waals surface area contributed by atoms with Crippen LogP contribution in [0, 0.1) is 30.6 Å². The molecule has 0 saturated carbocycles. The van der Waals surface area contributed by atoms with Crippen molar-refractivity contribution in [2.75, 3.05) is 32.8 Å². The largest absolute Gasteiger partial charge is 0.378 e. The van der Waals surface area contributed by atoms with Gasteiger partial charge in [0.05, 0.1) is 13.2 Å². The lowest BCUT2D eigenvalue weighted by Crippen LogP contribution is -2.42. The highest BCUT2D eigenvalue weighted by atomic mass is 16.5. The predicted octanol–water partition coefficient (Wildman–Crippen LogP) is 3.83. The monoisotopic (exact) mass is 412 g/mol. The molecule has 0 unspecified atom stereocenters. The van der Waals surface area contributed by atoms with E-state index in [0.29, 0.717) is 62.6 Å². The van der Waals surface area contributed by atoms with E-state index in [4.69, 9.17) is 4.74 Å². The smallest absolute Gasteiger partial charge is 0.251 e. The molecule has 0 radical (unpaired) electrons. The molecule has 2 aliphatic rings.